The standard InChI is InChI=1S/C14H21NO2/c1-15-10-12-6-2-3-8-14(12)17-11-13-7-4-5-9-16-13/h2-3,6,8,13,15H,4-5,7,9-11H2,1H3. The first-order valence-corrected chi connectivity index (χ1v) is 6.37. The number of rotatable bonds is 5. The summed E-state index contributed by atoms with van der Waals surface area (Å²) < 4.78 is 11.5. The third-order valence-electron chi connectivity index (χ3n) is 3.04. The van der Waals surface area contributed by atoms with Crippen molar-refractivity contribution in [1.29, 1.82) is 0 Å². The molecule has 0 spiro atoms. The summed E-state index contributed by atoms with van der Waals surface area (Å²) >= 11 is 0. The monoisotopic (exact) mass is 235 g/mol. The van der Waals surface area contributed by atoms with Gasteiger partial charge in [0, 0.05) is 18.7 Å². The predicted octanol–water partition coefficient (Wildman–Crippen LogP) is 2.35. The Morgan fingerprint density at radius 1 is 1.35 bits per heavy atom. The Bertz CT molecular complexity index is 335. The van der Waals surface area contributed by atoms with Gasteiger partial charge in [-0.3, -0.25) is 0 Å². The second-order valence-electron chi connectivity index (χ2n) is 4.44. The molecule has 0 bridgehead atoms. The largest absolute Gasteiger partial charge is 0.491 e. The molecule has 0 aromatic heterocycles. The average molecular weight is 235 g/mol. The zero-order valence-electron chi connectivity index (χ0n) is 10.4. The van der Waals surface area contributed by atoms with Crippen LogP contribution in [0, 0.1) is 0 Å². The van der Waals surface area contributed by atoms with Gasteiger partial charge < -0.3 is 14.8 Å². The summed E-state index contributed by atoms with van der Waals surface area (Å²) in [5.41, 5.74) is 1.20. The molecule has 1 unspecified atom stereocenters. The van der Waals surface area contributed by atoms with E-state index in [-0.39, 0.29) is 6.10 Å². The van der Waals surface area contributed by atoms with Gasteiger partial charge in [0.1, 0.15) is 12.4 Å². The first kappa shape index (κ1) is 12.4. The van der Waals surface area contributed by atoms with Gasteiger partial charge in [0.15, 0.2) is 0 Å². The number of nitrogens with one attached hydrogen (secondary N) is 1. The molecule has 0 radical (unpaired) electrons. The highest BCUT2D eigenvalue weighted by molar-refractivity contribution is 5.33. The van der Waals surface area contributed by atoms with Crippen LogP contribution in [0.4, 0.5) is 0 Å². The molecule has 1 N–H and O–H groups in total. The summed E-state index contributed by atoms with van der Waals surface area (Å²) in [5.74, 6) is 0.969. The number of para-hydroxylation sites is 1. The van der Waals surface area contributed by atoms with Gasteiger partial charge >= 0.3 is 0 Å². The number of ether oxygens (including phenoxy) is 2. The molecule has 2 rings (SSSR count). The van der Waals surface area contributed by atoms with Crippen LogP contribution in [0.2, 0.25) is 0 Å². The number of hydrogen-bond donors (Lipinski definition) is 1. The third kappa shape index (κ3) is 3.72. The Labute approximate surface area is 103 Å². The van der Waals surface area contributed by atoms with E-state index in [1.807, 2.05) is 25.2 Å². The molecule has 1 heterocycles. The minimum Gasteiger partial charge on any atom is -0.491 e. The topological polar surface area (TPSA) is 30.5 Å². The van der Waals surface area contributed by atoms with Gasteiger partial charge in [0.2, 0.25) is 0 Å². The van der Waals surface area contributed by atoms with Crippen molar-refractivity contribution in [2.24, 2.45) is 0 Å². The van der Waals surface area contributed by atoms with Gasteiger partial charge in [-0.15, -0.1) is 0 Å². The highest BCUT2D eigenvalue weighted by Crippen LogP contribution is 2.20. The Morgan fingerprint density at radius 2 is 2.24 bits per heavy atom. The van der Waals surface area contributed by atoms with Crippen molar-refractivity contribution >= 4 is 0 Å². The van der Waals surface area contributed by atoms with Crippen LogP contribution < -0.4 is 10.1 Å². The summed E-state index contributed by atoms with van der Waals surface area (Å²) in [5, 5.41) is 3.15. The predicted molar refractivity (Wildman–Crippen MR) is 68.3 cm³/mol. The van der Waals surface area contributed by atoms with Crippen molar-refractivity contribution in [2.45, 2.75) is 31.9 Å². The maximum absolute atomic E-state index is 5.86. The van der Waals surface area contributed by atoms with Crippen molar-refractivity contribution < 1.29 is 9.47 Å². The lowest BCUT2D eigenvalue weighted by Crippen LogP contribution is -2.26. The fraction of sp³-hybridized carbons (Fsp3) is 0.571. The maximum atomic E-state index is 5.86. The molecule has 3 nitrogen and oxygen atoms in total. The van der Waals surface area contributed by atoms with E-state index < -0.39 is 0 Å². The molecular weight excluding hydrogens is 214 g/mol. The molecule has 17 heavy (non-hydrogen) atoms. The van der Waals surface area contributed by atoms with Crippen molar-refractivity contribution in [1.82, 2.24) is 5.32 Å². The van der Waals surface area contributed by atoms with Crippen molar-refractivity contribution in [3.8, 4) is 5.75 Å². The molecule has 0 amide bonds. The molecule has 1 saturated heterocycles. The van der Waals surface area contributed by atoms with Crippen molar-refractivity contribution in [3.63, 3.8) is 0 Å². The van der Waals surface area contributed by atoms with Crippen molar-refractivity contribution in [3.05, 3.63) is 29.8 Å². The van der Waals surface area contributed by atoms with E-state index in [1.165, 1.54) is 18.4 Å². The smallest absolute Gasteiger partial charge is 0.123 e. The van der Waals surface area contributed by atoms with E-state index >= 15 is 0 Å². The molecule has 1 aromatic rings. The lowest BCUT2D eigenvalue weighted by atomic mass is 10.1. The first-order valence-electron chi connectivity index (χ1n) is 6.37. The molecule has 0 aliphatic carbocycles. The minimum absolute atomic E-state index is 0.270. The molecule has 1 aromatic carbocycles. The van der Waals surface area contributed by atoms with Crippen LogP contribution >= 0.6 is 0 Å². The van der Waals surface area contributed by atoms with Crippen LogP contribution in [-0.4, -0.2) is 26.4 Å². The molecule has 1 aliphatic heterocycles. The molecule has 94 valence electrons. The van der Waals surface area contributed by atoms with Gasteiger partial charge in [-0.2, -0.15) is 0 Å². The minimum atomic E-state index is 0.270. The molecular formula is C14H21NO2. The Kier molecular flexibility index (Phi) is 4.83. The molecule has 0 saturated carbocycles. The second-order valence-corrected chi connectivity index (χ2v) is 4.44. The molecule has 1 atom stereocenters. The fourth-order valence-electron chi connectivity index (χ4n) is 2.10. The van der Waals surface area contributed by atoms with Crippen LogP contribution in [0.5, 0.6) is 5.75 Å². The Morgan fingerprint density at radius 3 is 3.00 bits per heavy atom. The van der Waals surface area contributed by atoms with Crippen LogP contribution in [0.25, 0.3) is 0 Å². The van der Waals surface area contributed by atoms with Crippen LogP contribution in [-0.2, 0) is 11.3 Å². The van der Waals surface area contributed by atoms with E-state index in [9.17, 15) is 0 Å². The zero-order valence-corrected chi connectivity index (χ0v) is 10.4. The second kappa shape index (κ2) is 6.62. The molecule has 1 aliphatic rings. The number of hydrogen-bond acceptors (Lipinski definition) is 3. The first-order chi connectivity index (χ1) is 8.40. The van der Waals surface area contributed by atoms with Gasteiger partial charge in [-0.25, -0.2) is 0 Å². The third-order valence-corrected chi connectivity index (χ3v) is 3.04. The summed E-state index contributed by atoms with van der Waals surface area (Å²) in [7, 11) is 1.95. The summed E-state index contributed by atoms with van der Waals surface area (Å²) in [6.07, 6.45) is 3.83. The van der Waals surface area contributed by atoms with Gasteiger partial charge in [0.05, 0.1) is 6.10 Å². The van der Waals surface area contributed by atoms with E-state index in [0.29, 0.717) is 6.61 Å². The highest BCUT2D eigenvalue weighted by atomic mass is 16.5. The van der Waals surface area contributed by atoms with Crippen LogP contribution in [0.15, 0.2) is 24.3 Å². The lowest BCUT2D eigenvalue weighted by molar-refractivity contribution is -0.0112. The van der Waals surface area contributed by atoms with E-state index in [4.69, 9.17) is 9.47 Å². The average Bonchev–Trinajstić information content (AvgIpc) is 2.39. The normalized spacial score (nSPS) is 20.2. The van der Waals surface area contributed by atoms with E-state index in [2.05, 4.69) is 11.4 Å². The lowest BCUT2D eigenvalue weighted by Gasteiger charge is -2.23. The molecule has 1 fully saturated rings. The van der Waals surface area contributed by atoms with Gasteiger partial charge in [-0.1, -0.05) is 18.2 Å². The van der Waals surface area contributed by atoms with Gasteiger partial charge in [0.25, 0.3) is 0 Å². The Hall–Kier alpha value is -1.06. The number of benzene rings is 1. The van der Waals surface area contributed by atoms with Crippen molar-refractivity contribution in [2.75, 3.05) is 20.3 Å². The van der Waals surface area contributed by atoms with Gasteiger partial charge in [-0.05, 0) is 32.4 Å². The summed E-state index contributed by atoms with van der Waals surface area (Å²) in [6, 6.07) is 8.16. The van der Waals surface area contributed by atoms with E-state index in [0.717, 1.165) is 25.3 Å². The zero-order chi connectivity index (χ0) is 11.9. The summed E-state index contributed by atoms with van der Waals surface area (Å²) in [6.45, 7) is 2.38. The van der Waals surface area contributed by atoms with E-state index in [1.54, 1.807) is 0 Å². The molecule has 3 heteroatoms. The van der Waals surface area contributed by atoms with Crippen LogP contribution in [0.3, 0.4) is 0 Å². The maximum Gasteiger partial charge on any atom is 0.123 e. The van der Waals surface area contributed by atoms with Crippen LogP contribution in [0.1, 0.15) is 24.8 Å². The SMILES string of the molecule is CNCc1ccccc1OCC1CCCCO1. The quantitative estimate of drug-likeness (QED) is 0.850. The highest BCUT2D eigenvalue weighted by Gasteiger charge is 2.14. The summed E-state index contributed by atoms with van der Waals surface area (Å²) in [4.78, 5) is 0. The Balaban J connectivity index is 1.88. The fourth-order valence-corrected chi connectivity index (χ4v) is 2.10.